The van der Waals surface area contributed by atoms with Gasteiger partial charge in [0.2, 0.25) is 0 Å². The van der Waals surface area contributed by atoms with E-state index in [9.17, 15) is 17.6 Å². The van der Waals surface area contributed by atoms with Gasteiger partial charge in [0.05, 0.1) is 12.1 Å². The van der Waals surface area contributed by atoms with Crippen LogP contribution in [0.4, 0.5) is 17.6 Å². The quantitative estimate of drug-likeness (QED) is 0.842. The summed E-state index contributed by atoms with van der Waals surface area (Å²) in [5.74, 6) is -2.42. The first-order chi connectivity index (χ1) is 9.93. The number of nitrogens with zero attached hydrogens (tertiary/aromatic N) is 1. The highest BCUT2D eigenvalue weighted by atomic mass is 19.4. The standard InChI is InChI=1S/C15H20F4N2/c1-2-21-14(10-7-11(16)9-20-8-10)12-5-3-4-6-13(12)15(17,18)19/h7-9,12-14,21H,2-6H2,1H3. The number of pyridine rings is 1. The summed E-state index contributed by atoms with van der Waals surface area (Å²) in [4.78, 5) is 3.77. The van der Waals surface area contributed by atoms with Crippen LogP contribution in [0.1, 0.15) is 44.2 Å². The third kappa shape index (κ3) is 3.93. The van der Waals surface area contributed by atoms with E-state index in [4.69, 9.17) is 0 Å². The van der Waals surface area contributed by atoms with Crippen molar-refractivity contribution in [3.05, 3.63) is 29.8 Å². The Morgan fingerprint density at radius 3 is 2.62 bits per heavy atom. The SMILES string of the molecule is CCNC(c1cncc(F)c1)C1CCCCC1C(F)(F)F. The van der Waals surface area contributed by atoms with Crippen molar-refractivity contribution in [2.45, 2.75) is 44.8 Å². The van der Waals surface area contributed by atoms with Crippen LogP contribution in [-0.2, 0) is 0 Å². The smallest absolute Gasteiger partial charge is 0.310 e. The van der Waals surface area contributed by atoms with Crippen molar-refractivity contribution in [1.29, 1.82) is 0 Å². The van der Waals surface area contributed by atoms with Gasteiger partial charge in [-0.15, -0.1) is 0 Å². The van der Waals surface area contributed by atoms with Crippen LogP contribution in [0.3, 0.4) is 0 Å². The van der Waals surface area contributed by atoms with Gasteiger partial charge in [-0.2, -0.15) is 13.2 Å². The number of hydrogen-bond donors (Lipinski definition) is 1. The molecule has 3 unspecified atom stereocenters. The first-order valence-electron chi connectivity index (χ1n) is 7.34. The first-order valence-corrected chi connectivity index (χ1v) is 7.34. The van der Waals surface area contributed by atoms with Crippen molar-refractivity contribution in [1.82, 2.24) is 10.3 Å². The molecule has 6 heteroatoms. The van der Waals surface area contributed by atoms with Crippen LogP contribution >= 0.6 is 0 Å². The lowest BCUT2D eigenvalue weighted by Crippen LogP contribution is -2.40. The zero-order chi connectivity index (χ0) is 15.5. The summed E-state index contributed by atoms with van der Waals surface area (Å²) in [6.45, 7) is 2.37. The number of nitrogens with one attached hydrogen (secondary N) is 1. The maximum absolute atomic E-state index is 13.4. The average Bonchev–Trinajstić information content (AvgIpc) is 2.44. The molecule has 2 nitrogen and oxygen atoms in total. The summed E-state index contributed by atoms with van der Waals surface area (Å²) in [6.07, 6.45) is 0.340. The minimum atomic E-state index is -4.21. The van der Waals surface area contributed by atoms with E-state index < -0.39 is 29.9 Å². The molecule has 1 aliphatic carbocycles. The second-order valence-corrected chi connectivity index (χ2v) is 5.57. The van der Waals surface area contributed by atoms with E-state index in [1.54, 1.807) is 0 Å². The molecule has 21 heavy (non-hydrogen) atoms. The van der Waals surface area contributed by atoms with E-state index in [1.165, 1.54) is 12.3 Å². The largest absolute Gasteiger partial charge is 0.392 e. The van der Waals surface area contributed by atoms with Crippen LogP contribution in [0.15, 0.2) is 18.5 Å². The van der Waals surface area contributed by atoms with E-state index in [-0.39, 0.29) is 6.42 Å². The van der Waals surface area contributed by atoms with Crippen molar-refractivity contribution in [3.8, 4) is 0 Å². The van der Waals surface area contributed by atoms with Crippen molar-refractivity contribution in [2.24, 2.45) is 11.8 Å². The van der Waals surface area contributed by atoms with Gasteiger partial charge in [0.1, 0.15) is 5.82 Å². The molecule has 1 saturated carbocycles. The minimum absolute atomic E-state index is 0.152. The molecule has 1 aromatic rings. The summed E-state index contributed by atoms with van der Waals surface area (Å²) >= 11 is 0. The lowest BCUT2D eigenvalue weighted by atomic mass is 9.73. The van der Waals surface area contributed by atoms with E-state index in [0.717, 1.165) is 12.6 Å². The normalized spacial score (nSPS) is 24.8. The maximum Gasteiger partial charge on any atom is 0.392 e. The number of aromatic nitrogens is 1. The fraction of sp³-hybridized carbons (Fsp3) is 0.667. The maximum atomic E-state index is 13.4. The highest BCUT2D eigenvalue weighted by molar-refractivity contribution is 5.17. The van der Waals surface area contributed by atoms with E-state index >= 15 is 0 Å². The molecular weight excluding hydrogens is 284 g/mol. The minimum Gasteiger partial charge on any atom is -0.310 e. The second kappa shape index (κ2) is 6.73. The van der Waals surface area contributed by atoms with E-state index in [2.05, 4.69) is 10.3 Å². The Kier molecular flexibility index (Phi) is 5.19. The van der Waals surface area contributed by atoms with Gasteiger partial charge in [-0.05, 0) is 36.9 Å². The molecule has 1 heterocycles. The molecule has 2 rings (SSSR count). The van der Waals surface area contributed by atoms with E-state index in [1.807, 2.05) is 6.92 Å². The Morgan fingerprint density at radius 1 is 1.29 bits per heavy atom. The number of rotatable bonds is 4. The molecule has 0 radical (unpaired) electrons. The lowest BCUT2D eigenvalue weighted by molar-refractivity contribution is -0.199. The molecule has 1 aliphatic rings. The Morgan fingerprint density at radius 2 is 2.00 bits per heavy atom. The van der Waals surface area contributed by atoms with Crippen LogP contribution < -0.4 is 5.32 Å². The molecule has 118 valence electrons. The van der Waals surface area contributed by atoms with Gasteiger partial charge >= 0.3 is 6.18 Å². The number of halogens is 4. The predicted molar refractivity (Wildman–Crippen MR) is 72.1 cm³/mol. The molecule has 3 atom stereocenters. The van der Waals surface area contributed by atoms with Crippen molar-refractivity contribution in [2.75, 3.05) is 6.54 Å². The third-order valence-electron chi connectivity index (χ3n) is 4.18. The van der Waals surface area contributed by atoms with Crippen LogP contribution in [0.25, 0.3) is 0 Å². The topological polar surface area (TPSA) is 24.9 Å². The summed E-state index contributed by atoms with van der Waals surface area (Å²) in [7, 11) is 0. The Balaban J connectivity index is 2.31. The van der Waals surface area contributed by atoms with Gasteiger partial charge in [-0.25, -0.2) is 4.39 Å². The van der Waals surface area contributed by atoms with Crippen LogP contribution in [0.5, 0.6) is 0 Å². The molecule has 0 amide bonds. The Hall–Kier alpha value is -1.17. The number of alkyl halides is 3. The summed E-state index contributed by atoms with van der Waals surface area (Å²) < 4.78 is 53.2. The predicted octanol–water partition coefficient (Wildman–Crippen LogP) is 4.24. The fourth-order valence-electron chi connectivity index (χ4n) is 3.30. The fourth-order valence-corrected chi connectivity index (χ4v) is 3.30. The Bertz CT molecular complexity index is 461. The van der Waals surface area contributed by atoms with Gasteiger partial charge in [0, 0.05) is 12.2 Å². The van der Waals surface area contributed by atoms with Crippen molar-refractivity contribution < 1.29 is 17.6 Å². The third-order valence-corrected chi connectivity index (χ3v) is 4.18. The lowest BCUT2D eigenvalue weighted by Gasteiger charge is -2.38. The van der Waals surface area contributed by atoms with Gasteiger partial charge in [-0.1, -0.05) is 19.8 Å². The Labute approximate surface area is 122 Å². The summed E-state index contributed by atoms with van der Waals surface area (Å²) in [5, 5.41) is 3.09. The van der Waals surface area contributed by atoms with Crippen LogP contribution in [-0.4, -0.2) is 17.7 Å². The van der Waals surface area contributed by atoms with Gasteiger partial charge in [-0.3, -0.25) is 4.98 Å². The molecule has 0 saturated heterocycles. The highest BCUT2D eigenvalue weighted by Crippen LogP contribution is 2.46. The van der Waals surface area contributed by atoms with Gasteiger partial charge in [0.15, 0.2) is 0 Å². The molecule has 0 aromatic carbocycles. The van der Waals surface area contributed by atoms with Crippen LogP contribution in [0, 0.1) is 17.7 Å². The zero-order valence-corrected chi connectivity index (χ0v) is 12.0. The van der Waals surface area contributed by atoms with Crippen molar-refractivity contribution >= 4 is 0 Å². The summed E-state index contributed by atoms with van der Waals surface area (Å²) in [5.41, 5.74) is 0.498. The first kappa shape index (κ1) is 16.2. The highest BCUT2D eigenvalue weighted by Gasteiger charge is 2.48. The molecule has 0 aliphatic heterocycles. The molecule has 1 fully saturated rings. The van der Waals surface area contributed by atoms with Gasteiger partial charge < -0.3 is 5.32 Å². The molecule has 0 bridgehead atoms. The summed E-state index contributed by atoms with van der Waals surface area (Å²) in [6, 6.07) is 0.771. The average molecular weight is 304 g/mol. The van der Waals surface area contributed by atoms with E-state index in [0.29, 0.717) is 24.9 Å². The molecule has 1 aromatic heterocycles. The second-order valence-electron chi connectivity index (χ2n) is 5.57. The molecule has 1 N–H and O–H groups in total. The molecule has 0 spiro atoms. The van der Waals surface area contributed by atoms with Gasteiger partial charge in [0.25, 0.3) is 0 Å². The number of hydrogen-bond acceptors (Lipinski definition) is 2. The molecular formula is C15H20F4N2. The van der Waals surface area contributed by atoms with Crippen molar-refractivity contribution in [3.63, 3.8) is 0 Å². The monoisotopic (exact) mass is 304 g/mol. The zero-order valence-electron chi connectivity index (χ0n) is 12.0. The van der Waals surface area contributed by atoms with Crippen LogP contribution in [0.2, 0.25) is 0 Å².